The fraction of sp³-hybridized carbons (Fsp3) is 0. The highest BCUT2D eigenvalue weighted by Crippen LogP contribution is 2.23. The lowest BCUT2D eigenvalue weighted by Gasteiger charge is -2.08. The van der Waals surface area contributed by atoms with Crippen LogP contribution in [0.4, 0.5) is 5.69 Å². The first-order valence-corrected chi connectivity index (χ1v) is 9.59. The summed E-state index contributed by atoms with van der Waals surface area (Å²) in [7, 11) is 0. The number of nitro benzene ring substituents is 1. The van der Waals surface area contributed by atoms with E-state index in [-0.39, 0.29) is 16.8 Å². The van der Waals surface area contributed by atoms with E-state index in [1.807, 2.05) is 60.7 Å². The van der Waals surface area contributed by atoms with Crippen LogP contribution in [-0.4, -0.2) is 26.5 Å². The summed E-state index contributed by atoms with van der Waals surface area (Å²) in [6, 6.07) is 23.9. The molecule has 0 fully saturated rings. The molecule has 158 valence electrons. The van der Waals surface area contributed by atoms with E-state index in [1.165, 1.54) is 24.3 Å². The van der Waals surface area contributed by atoms with E-state index >= 15 is 0 Å². The molecule has 0 atom stereocenters. The molecule has 9 heteroatoms. The van der Waals surface area contributed by atoms with Crippen molar-refractivity contribution in [2.45, 2.75) is 0 Å². The van der Waals surface area contributed by atoms with Crippen LogP contribution in [0.3, 0.4) is 0 Å². The summed E-state index contributed by atoms with van der Waals surface area (Å²) in [5.74, 6) is -1.42. The molecule has 0 spiro atoms. The van der Waals surface area contributed by atoms with Crippen molar-refractivity contribution in [2.75, 3.05) is 0 Å². The van der Waals surface area contributed by atoms with Gasteiger partial charge in [-0.25, -0.2) is 4.68 Å². The maximum atomic E-state index is 12.9. The average molecular weight is 427 g/mol. The molecule has 0 aliphatic heterocycles. The average Bonchev–Trinajstić information content (AvgIpc) is 3.29. The third-order valence-corrected chi connectivity index (χ3v) is 4.66. The molecule has 0 aliphatic rings. The summed E-state index contributed by atoms with van der Waals surface area (Å²) in [6.07, 6.45) is 1.56. The topological polar surface area (TPSA) is 119 Å². The Balaban J connectivity index is 1.61. The minimum atomic E-state index is -0.803. The molecule has 9 nitrogen and oxygen atoms in total. The van der Waals surface area contributed by atoms with Crippen LogP contribution < -0.4 is 10.9 Å². The Labute approximate surface area is 182 Å². The fourth-order valence-corrected chi connectivity index (χ4v) is 3.14. The number of amides is 2. The summed E-state index contributed by atoms with van der Waals surface area (Å²) in [5.41, 5.74) is 6.16. The molecule has 3 aromatic carbocycles. The number of carbonyl (C=O) groups excluding carboxylic acids is 2. The Morgan fingerprint density at radius 2 is 1.34 bits per heavy atom. The second-order valence-corrected chi connectivity index (χ2v) is 6.72. The van der Waals surface area contributed by atoms with Gasteiger partial charge in [-0.2, -0.15) is 5.10 Å². The first kappa shape index (κ1) is 20.5. The first-order chi connectivity index (χ1) is 15.5. The van der Waals surface area contributed by atoms with Gasteiger partial charge >= 0.3 is 0 Å². The lowest BCUT2D eigenvalue weighted by molar-refractivity contribution is -0.385. The lowest BCUT2D eigenvalue weighted by Crippen LogP contribution is -2.41. The number of rotatable bonds is 5. The third kappa shape index (κ3) is 4.21. The van der Waals surface area contributed by atoms with Crippen LogP contribution >= 0.6 is 0 Å². The summed E-state index contributed by atoms with van der Waals surface area (Å²) in [6.45, 7) is 0. The van der Waals surface area contributed by atoms with E-state index < -0.39 is 16.7 Å². The zero-order valence-electron chi connectivity index (χ0n) is 16.6. The molecule has 0 aliphatic carbocycles. The molecule has 4 aromatic rings. The molecule has 0 saturated heterocycles. The Morgan fingerprint density at radius 3 is 2.00 bits per heavy atom. The van der Waals surface area contributed by atoms with Crippen molar-refractivity contribution in [3.63, 3.8) is 0 Å². The number of nitrogens with one attached hydrogen (secondary N) is 2. The second kappa shape index (κ2) is 8.92. The number of hydrazine groups is 1. The smallest absolute Gasteiger partial charge is 0.267 e. The third-order valence-electron chi connectivity index (χ3n) is 4.66. The standard InChI is InChI=1S/C23H17N5O4/c29-22(18-13-7-8-14-20(18)28(31)32)24-25-23(30)19-15-27(17-11-5-2-6-12-17)26-21(19)16-9-3-1-4-10-16/h1-15H,(H,24,29)(H,25,30). The van der Waals surface area contributed by atoms with Gasteiger partial charge in [-0.05, 0) is 18.2 Å². The largest absolute Gasteiger partial charge is 0.282 e. The van der Waals surface area contributed by atoms with Gasteiger partial charge in [-0.15, -0.1) is 0 Å². The number of hydrogen-bond acceptors (Lipinski definition) is 5. The van der Waals surface area contributed by atoms with Crippen molar-refractivity contribution in [3.05, 3.63) is 112 Å². The van der Waals surface area contributed by atoms with Gasteiger partial charge in [0.2, 0.25) is 0 Å². The monoisotopic (exact) mass is 427 g/mol. The van der Waals surface area contributed by atoms with Gasteiger partial charge in [-0.3, -0.25) is 30.6 Å². The van der Waals surface area contributed by atoms with Crippen molar-refractivity contribution in [3.8, 4) is 16.9 Å². The number of benzene rings is 3. The number of nitrogens with zero attached hydrogens (tertiary/aromatic N) is 3. The molecule has 0 unspecified atom stereocenters. The normalized spacial score (nSPS) is 10.4. The van der Waals surface area contributed by atoms with E-state index in [1.54, 1.807) is 10.9 Å². The molecule has 2 N–H and O–H groups in total. The first-order valence-electron chi connectivity index (χ1n) is 9.59. The van der Waals surface area contributed by atoms with Gasteiger partial charge in [0, 0.05) is 17.8 Å². The van der Waals surface area contributed by atoms with Gasteiger partial charge in [-0.1, -0.05) is 60.7 Å². The molecule has 0 radical (unpaired) electrons. The van der Waals surface area contributed by atoms with E-state index in [4.69, 9.17) is 0 Å². The molecule has 4 rings (SSSR count). The number of para-hydroxylation sites is 2. The number of aromatic nitrogens is 2. The van der Waals surface area contributed by atoms with Gasteiger partial charge in [0.1, 0.15) is 11.3 Å². The minimum absolute atomic E-state index is 0.166. The van der Waals surface area contributed by atoms with Crippen LogP contribution in [0, 0.1) is 10.1 Å². The van der Waals surface area contributed by atoms with Crippen molar-refractivity contribution >= 4 is 17.5 Å². The number of nitro groups is 1. The zero-order valence-corrected chi connectivity index (χ0v) is 16.6. The molecule has 0 bridgehead atoms. The zero-order chi connectivity index (χ0) is 22.5. The quantitative estimate of drug-likeness (QED) is 0.373. The number of hydrogen-bond donors (Lipinski definition) is 2. The maximum absolute atomic E-state index is 12.9. The van der Waals surface area contributed by atoms with Crippen LogP contribution in [0.1, 0.15) is 20.7 Å². The SMILES string of the molecule is O=C(NNC(=O)c1cn(-c2ccccc2)nc1-c1ccccc1)c1ccccc1[N+](=O)[O-]. The molecule has 0 saturated carbocycles. The van der Waals surface area contributed by atoms with Gasteiger partial charge < -0.3 is 0 Å². The molecular formula is C23H17N5O4. The predicted molar refractivity (Wildman–Crippen MR) is 117 cm³/mol. The van der Waals surface area contributed by atoms with Crippen LogP contribution in [0.15, 0.2) is 91.1 Å². The van der Waals surface area contributed by atoms with Crippen LogP contribution in [-0.2, 0) is 0 Å². The predicted octanol–water partition coefficient (Wildman–Crippen LogP) is 3.52. The Morgan fingerprint density at radius 1 is 0.781 bits per heavy atom. The van der Waals surface area contributed by atoms with Crippen molar-refractivity contribution in [1.29, 1.82) is 0 Å². The maximum Gasteiger partial charge on any atom is 0.282 e. The summed E-state index contributed by atoms with van der Waals surface area (Å²) in [5, 5.41) is 15.7. The van der Waals surface area contributed by atoms with Crippen LogP contribution in [0.5, 0.6) is 0 Å². The minimum Gasteiger partial charge on any atom is -0.267 e. The van der Waals surface area contributed by atoms with E-state index in [2.05, 4.69) is 16.0 Å². The Bertz CT molecular complexity index is 1290. The Kier molecular flexibility index (Phi) is 5.71. The van der Waals surface area contributed by atoms with E-state index in [9.17, 15) is 19.7 Å². The van der Waals surface area contributed by atoms with Crippen LogP contribution in [0.25, 0.3) is 16.9 Å². The van der Waals surface area contributed by atoms with E-state index in [0.29, 0.717) is 5.69 Å². The van der Waals surface area contributed by atoms with E-state index in [0.717, 1.165) is 11.3 Å². The van der Waals surface area contributed by atoms with Crippen LogP contribution in [0.2, 0.25) is 0 Å². The highest BCUT2D eigenvalue weighted by atomic mass is 16.6. The molecule has 1 aromatic heterocycles. The van der Waals surface area contributed by atoms with Gasteiger partial charge in [0.25, 0.3) is 17.5 Å². The summed E-state index contributed by atoms with van der Waals surface area (Å²) < 4.78 is 1.57. The summed E-state index contributed by atoms with van der Waals surface area (Å²) in [4.78, 5) is 35.9. The second-order valence-electron chi connectivity index (χ2n) is 6.72. The van der Waals surface area contributed by atoms with Crippen molar-refractivity contribution in [1.82, 2.24) is 20.6 Å². The molecule has 2 amide bonds. The molecular weight excluding hydrogens is 410 g/mol. The Hall–Kier alpha value is -4.79. The van der Waals surface area contributed by atoms with Crippen molar-refractivity contribution < 1.29 is 14.5 Å². The number of carbonyl (C=O) groups is 2. The van der Waals surface area contributed by atoms with Gasteiger partial charge in [0.05, 0.1) is 16.2 Å². The fourth-order valence-electron chi connectivity index (χ4n) is 3.14. The molecule has 1 heterocycles. The lowest BCUT2D eigenvalue weighted by atomic mass is 10.1. The highest BCUT2D eigenvalue weighted by Gasteiger charge is 2.22. The van der Waals surface area contributed by atoms with Crippen molar-refractivity contribution in [2.24, 2.45) is 0 Å². The summed E-state index contributed by atoms with van der Waals surface area (Å²) >= 11 is 0. The molecule has 32 heavy (non-hydrogen) atoms. The van der Waals surface area contributed by atoms with Gasteiger partial charge in [0.15, 0.2) is 0 Å². The highest BCUT2D eigenvalue weighted by molar-refractivity contribution is 6.03.